The second-order valence-corrected chi connectivity index (χ2v) is 4.11. The lowest BCUT2D eigenvalue weighted by Gasteiger charge is -2.26. The van der Waals surface area contributed by atoms with E-state index >= 15 is 0 Å². The van der Waals surface area contributed by atoms with Gasteiger partial charge in [0.1, 0.15) is 5.76 Å². The highest BCUT2D eigenvalue weighted by Gasteiger charge is 2.43. The van der Waals surface area contributed by atoms with Crippen LogP contribution in [-0.2, 0) is 4.74 Å². The van der Waals surface area contributed by atoms with Crippen molar-refractivity contribution in [2.45, 2.75) is 19.8 Å². The van der Waals surface area contributed by atoms with Crippen molar-refractivity contribution >= 4 is 0 Å². The maximum atomic E-state index is 5.64. The highest BCUT2D eigenvalue weighted by atomic mass is 16.5. The quantitative estimate of drug-likeness (QED) is 0.555. The molecule has 2 rings (SSSR count). The predicted molar refractivity (Wildman–Crippen MR) is 52.8 cm³/mol. The standard InChI is InChI=1S/C12H14O/c1-3-8-12(2)9-13-11-7-5-4-6-10(11)12/h1,4-5,7,10H,6,8-9H2,2H3. The van der Waals surface area contributed by atoms with Gasteiger partial charge in [-0.15, -0.1) is 12.3 Å². The highest BCUT2D eigenvalue weighted by Crippen LogP contribution is 2.46. The van der Waals surface area contributed by atoms with Gasteiger partial charge in [-0.25, -0.2) is 0 Å². The summed E-state index contributed by atoms with van der Waals surface area (Å²) >= 11 is 0. The Bertz CT molecular complexity index is 306. The molecule has 0 aromatic heterocycles. The Morgan fingerprint density at radius 3 is 3.38 bits per heavy atom. The van der Waals surface area contributed by atoms with Crippen LogP contribution in [0, 0.1) is 23.7 Å². The number of ether oxygens (including phenoxy) is 1. The van der Waals surface area contributed by atoms with Gasteiger partial charge >= 0.3 is 0 Å². The molecule has 0 spiro atoms. The molecule has 13 heavy (non-hydrogen) atoms. The summed E-state index contributed by atoms with van der Waals surface area (Å²) in [5, 5.41) is 0. The van der Waals surface area contributed by atoms with Crippen molar-refractivity contribution in [3.8, 4) is 12.3 Å². The molecule has 0 aromatic rings. The van der Waals surface area contributed by atoms with Crippen molar-refractivity contribution in [3.63, 3.8) is 0 Å². The van der Waals surface area contributed by atoms with Gasteiger partial charge in [0.15, 0.2) is 0 Å². The van der Waals surface area contributed by atoms with Gasteiger partial charge in [-0.05, 0) is 12.5 Å². The van der Waals surface area contributed by atoms with Gasteiger partial charge in [0.25, 0.3) is 0 Å². The first-order valence-electron chi connectivity index (χ1n) is 4.69. The van der Waals surface area contributed by atoms with Crippen LogP contribution < -0.4 is 0 Å². The van der Waals surface area contributed by atoms with Crippen molar-refractivity contribution in [2.24, 2.45) is 11.3 Å². The van der Waals surface area contributed by atoms with Gasteiger partial charge in [-0.3, -0.25) is 0 Å². The smallest absolute Gasteiger partial charge is 0.100 e. The summed E-state index contributed by atoms with van der Waals surface area (Å²) in [4.78, 5) is 0. The van der Waals surface area contributed by atoms with E-state index in [0.29, 0.717) is 5.92 Å². The van der Waals surface area contributed by atoms with Gasteiger partial charge in [0, 0.05) is 17.8 Å². The first kappa shape index (κ1) is 8.44. The van der Waals surface area contributed by atoms with E-state index in [-0.39, 0.29) is 5.41 Å². The first-order valence-corrected chi connectivity index (χ1v) is 4.69. The Kier molecular flexibility index (Phi) is 1.92. The predicted octanol–water partition coefficient (Wildman–Crippen LogP) is 2.51. The molecule has 0 N–H and O–H groups in total. The fourth-order valence-electron chi connectivity index (χ4n) is 2.14. The monoisotopic (exact) mass is 174 g/mol. The lowest BCUT2D eigenvalue weighted by molar-refractivity contribution is 0.189. The van der Waals surface area contributed by atoms with Crippen LogP contribution in [0.2, 0.25) is 0 Å². The largest absolute Gasteiger partial charge is 0.497 e. The fraction of sp³-hybridized carbons (Fsp3) is 0.500. The van der Waals surface area contributed by atoms with E-state index in [1.807, 2.05) is 0 Å². The second-order valence-electron chi connectivity index (χ2n) is 4.11. The fourth-order valence-corrected chi connectivity index (χ4v) is 2.14. The molecule has 2 atom stereocenters. The zero-order valence-corrected chi connectivity index (χ0v) is 7.92. The number of rotatable bonds is 1. The molecular weight excluding hydrogens is 160 g/mol. The van der Waals surface area contributed by atoms with Crippen molar-refractivity contribution in [1.29, 1.82) is 0 Å². The lowest BCUT2D eigenvalue weighted by atomic mass is 9.73. The summed E-state index contributed by atoms with van der Waals surface area (Å²) in [7, 11) is 0. The molecule has 1 nitrogen and oxygen atoms in total. The van der Waals surface area contributed by atoms with Gasteiger partial charge in [-0.2, -0.15) is 0 Å². The molecule has 1 heterocycles. The molecule has 2 aliphatic rings. The topological polar surface area (TPSA) is 9.23 Å². The van der Waals surface area contributed by atoms with Crippen LogP contribution in [0.5, 0.6) is 0 Å². The maximum absolute atomic E-state index is 5.64. The van der Waals surface area contributed by atoms with Gasteiger partial charge in [0.2, 0.25) is 0 Å². The summed E-state index contributed by atoms with van der Waals surface area (Å²) in [6, 6.07) is 0. The van der Waals surface area contributed by atoms with E-state index in [9.17, 15) is 0 Å². The summed E-state index contributed by atoms with van der Waals surface area (Å²) in [6.07, 6.45) is 13.6. The van der Waals surface area contributed by atoms with E-state index < -0.39 is 0 Å². The molecule has 2 unspecified atom stereocenters. The number of hydrogen-bond acceptors (Lipinski definition) is 1. The van der Waals surface area contributed by atoms with Crippen LogP contribution in [0.25, 0.3) is 0 Å². The Balaban J connectivity index is 2.23. The van der Waals surface area contributed by atoms with Crippen molar-refractivity contribution < 1.29 is 4.74 Å². The molecule has 1 aliphatic carbocycles. The minimum atomic E-state index is 0.158. The molecule has 1 heteroatoms. The van der Waals surface area contributed by atoms with Crippen LogP contribution in [0.4, 0.5) is 0 Å². The van der Waals surface area contributed by atoms with Crippen LogP contribution in [0.15, 0.2) is 24.0 Å². The average Bonchev–Trinajstić information content (AvgIpc) is 2.46. The number of hydrogen-bond donors (Lipinski definition) is 0. The minimum absolute atomic E-state index is 0.158. The molecule has 0 amide bonds. The minimum Gasteiger partial charge on any atom is -0.497 e. The third kappa shape index (κ3) is 1.27. The zero-order chi connectivity index (χ0) is 9.31. The third-order valence-electron chi connectivity index (χ3n) is 3.03. The summed E-state index contributed by atoms with van der Waals surface area (Å²) < 4.78 is 5.64. The molecule has 0 bridgehead atoms. The molecule has 1 fully saturated rings. The van der Waals surface area contributed by atoms with Crippen molar-refractivity contribution in [1.82, 2.24) is 0 Å². The van der Waals surface area contributed by atoms with Gasteiger partial charge in [0.05, 0.1) is 6.61 Å². The van der Waals surface area contributed by atoms with E-state index in [0.717, 1.165) is 25.2 Å². The van der Waals surface area contributed by atoms with E-state index in [1.54, 1.807) is 0 Å². The Morgan fingerprint density at radius 1 is 1.77 bits per heavy atom. The summed E-state index contributed by atoms with van der Waals surface area (Å²) in [5.74, 6) is 4.39. The molecule has 68 valence electrons. The average molecular weight is 174 g/mol. The van der Waals surface area contributed by atoms with Crippen molar-refractivity contribution in [2.75, 3.05) is 6.61 Å². The van der Waals surface area contributed by atoms with Crippen molar-refractivity contribution in [3.05, 3.63) is 24.0 Å². The number of terminal acetylenes is 1. The summed E-state index contributed by atoms with van der Waals surface area (Å²) in [6.45, 7) is 2.99. The van der Waals surface area contributed by atoms with E-state index in [2.05, 4.69) is 31.1 Å². The normalized spacial score (nSPS) is 36.0. The highest BCUT2D eigenvalue weighted by molar-refractivity contribution is 5.23. The SMILES string of the molecule is C#CCC1(C)COC2=CC=CCC21. The van der Waals surface area contributed by atoms with Crippen LogP contribution in [0.1, 0.15) is 19.8 Å². The van der Waals surface area contributed by atoms with Gasteiger partial charge < -0.3 is 4.74 Å². The lowest BCUT2D eigenvalue weighted by Crippen LogP contribution is -2.25. The molecule has 0 saturated carbocycles. The Hall–Kier alpha value is -1.16. The molecular formula is C12H14O. The number of fused-ring (bicyclic) bond motifs is 1. The van der Waals surface area contributed by atoms with E-state index in [4.69, 9.17) is 11.2 Å². The molecule has 0 aromatic carbocycles. The zero-order valence-electron chi connectivity index (χ0n) is 7.92. The second kappa shape index (κ2) is 2.96. The summed E-state index contributed by atoms with van der Waals surface area (Å²) in [5.41, 5.74) is 0.158. The Labute approximate surface area is 79.5 Å². The molecule has 1 saturated heterocycles. The van der Waals surface area contributed by atoms with Crippen LogP contribution in [0.3, 0.4) is 0 Å². The number of allylic oxidation sites excluding steroid dienone is 4. The van der Waals surface area contributed by atoms with Gasteiger partial charge in [-0.1, -0.05) is 19.1 Å². The first-order chi connectivity index (χ1) is 6.26. The third-order valence-corrected chi connectivity index (χ3v) is 3.03. The van der Waals surface area contributed by atoms with Crippen LogP contribution in [-0.4, -0.2) is 6.61 Å². The molecule has 1 aliphatic heterocycles. The molecule has 0 radical (unpaired) electrons. The van der Waals surface area contributed by atoms with Crippen LogP contribution >= 0.6 is 0 Å². The van der Waals surface area contributed by atoms with E-state index in [1.165, 1.54) is 0 Å². The maximum Gasteiger partial charge on any atom is 0.100 e. The Morgan fingerprint density at radius 2 is 2.62 bits per heavy atom.